The fourth-order valence-electron chi connectivity index (χ4n) is 3.83. The number of likely N-dealkylation sites (tertiary alicyclic amines) is 1. The zero-order valence-corrected chi connectivity index (χ0v) is 17.4. The van der Waals surface area contributed by atoms with E-state index in [1.54, 1.807) is 35.5 Å². The second-order valence-corrected chi connectivity index (χ2v) is 8.41. The van der Waals surface area contributed by atoms with E-state index in [9.17, 15) is 14.0 Å². The molecule has 2 aromatic heterocycles. The smallest absolute Gasteiger partial charge is 0.263 e. The van der Waals surface area contributed by atoms with Gasteiger partial charge in [-0.2, -0.15) is 0 Å². The van der Waals surface area contributed by atoms with E-state index in [4.69, 9.17) is 0 Å². The van der Waals surface area contributed by atoms with Crippen molar-refractivity contribution < 1.29 is 14.0 Å². The Bertz CT molecular complexity index is 1030. The summed E-state index contributed by atoms with van der Waals surface area (Å²) in [6.45, 7) is 1.02. The summed E-state index contributed by atoms with van der Waals surface area (Å²) in [5.74, 6) is -0.258. The highest BCUT2D eigenvalue weighted by Gasteiger charge is 2.31. The van der Waals surface area contributed by atoms with Crippen LogP contribution in [-0.4, -0.2) is 39.4 Å². The maximum atomic E-state index is 13.9. The minimum Gasteiger partial charge on any atom is -0.342 e. The molecule has 3 heterocycles. The van der Waals surface area contributed by atoms with Crippen molar-refractivity contribution in [2.75, 3.05) is 13.1 Å². The Kier molecular flexibility index (Phi) is 5.94. The summed E-state index contributed by atoms with van der Waals surface area (Å²) in [5, 5.41) is 4.92. The third-order valence-corrected chi connectivity index (χ3v) is 6.25. The molecule has 8 heteroatoms. The van der Waals surface area contributed by atoms with Crippen LogP contribution < -0.4 is 5.32 Å². The van der Waals surface area contributed by atoms with Crippen LogP contribution in [0.1, 0.15) is 39.9 Å². The fraction of sp³-hybridized carbons (Fsp3) is 0.318. The van der Waals surface area contributed by atoms with Crippen LogP contribution in [0.25, 0.3) is 0 Å². The molecule has 3 aromatic rings. The zero-order valence-electron chi connectivity index (χ0n) is 16.6. The molecule has 2 atom stereocenters. The van der Waals surface area contributed by atoms with Gasteiger partial charge >= 0.3 is 0 Å². The highest BCUT2D eigenvalue weighted by Crippen LogP contribution is 2.25. The SMILES string of the molecule is Cn1ccnc1[C@@H](NC(=O)[C@@H]1CCCN(C(=O)c2cccs2)C1)c1cccc(F)c1. The van der Waals surface area contributed by atoms with Crippen molar-refractivity contribution >= 4 is 23.2 Å². The van der Waals surface area contributed by atoms with Gasteiger partial charge in [-0.1, -0.05) is 18.2 Å². The molecule has 156 valence electrons. The van der Waals surface area contributed by atoms with Crippen molar-refractivity contribution in [3.8, 4) is 0 Å². The van der Waals surface area contributed by atoms with Crippen molar-refractivity contribution in [1.82, 2.24) is 19.8 Å². The number of piperidine rings is 1. The first-order valence-electron chi connectivity index (χ1n) is 9.89. The van der Waals surface area contributed by atoms with E-state index in [0.717, 1.165) is 6.42 Å². The Hall–Kier alpha value is -3.00. The first kappa shape index (κ1) is 20.3. The number of nitrogens with one attached hydrogen (secondary N) is 1. The highest BCUT2D eigenvalue weighted by molar-refractivity contribution is 7.12. The van der Waals surface area contributed by atoms with Crippen LogP contribution in [0, 0.1) is 11.7 Å². The Balaban J connectivity index is 1.52. The van der Waals surface area contributed by atoms with Gasteiger partial charge in [0.05, 0.1) is 10.8 Å². The van der Waals surface area contributed by atoms with Crippen molar-refractivity contribution in [2.24, 2.45) is 13.0 Å². The van der Waals surface area contributed by atoms with E-state index in [2.05, 4.69) is 10.3 Å². The topological polar surface area (TPSA) is 67.2 Å². The number of imidazole rings is 1. The molecule has 1 aromatic carbocycles. The summed E-state index contributed by atoms with van der Waals surface area (Å²) in [4.78, 5) is 32.6. The van der Waals surface area contributed by atoms with Crippen LogP contribution in [0.4, 0.5) is 4.39 Å². The molecule has 0 saturated carbocycles. The number of carbonyl (C=O) groups excluding carboxylic acids is 2. The maximum Gasteiger partial charge on any atom is 0.263 e. The molecule has 0 radical (unpaired) electrons. The second kappa shape index (κ2) is 8.79. The van der Waals surface area contributed by atoms with Gasteiger partial charge in [-0.05, 0) is 42.0 Å². The van der Waals surface area contributed by atoms with E-state index < -0.39 is 6.04 Å². The predicted octanol–water partition coefficient (Wildman–Crippen LogP) is 3.38. The summed E-state index contributed by atoms with van der Waals surface area (Å²) < 4.78 is 15.7. The van der Waals surface area contributed by atoms with Crippen LogP contribution in [0.2, 0.25) is 0 Å². The average molecular weight is 427 g/mol. The minimum absolute atomic E-state index is 0.0340. The molecule has 0 bridgehead atoms. The standard InChI is InChI=1S/C22H23FN4O2S/c1-26-11-9-24-20(26)19(15-5-2-7-17(23)13-15)25-21(28)16-6-3-10-27(14-16)22(29)18-8-4-12-30-18/h2,4-5,7-9,11-13,16,19H,3,6,10,14H2,1H3,(H,25,28)/t16-,19+/m1/s1. The summed E-state index contributed by atoms with van der Waals surface area (Å²) >= 11 is 1.41. The lowest BCUT2D eigenvalue weighted by molar-refractivity contribution is -0.126. The molecule has 1 fully saturated rings. The third kappa shape index (κ3) is 4.28. The minimum atomic E-state index is -0.573. The summed E-state index contributed by atoms with van der Waals surface area (Å²) in [6, 6.07) is 9.26. The number of aryl methyl sites for hydroxylation is 1. The van der Waals surface area contributed by atoms with Gasteiger partial charge in [-0.25, -0.2) is 9.37 Å². The molecular weight excluding hydrogens is 403 g/mol. The summed E-state index contributed by atoms with van der Waals surface area (Å²) in [5.41, 5.74) is 0.625. The quantitative estimate of drug-likeness (QED) is 0.680. The van der Waals surface area contributed by atoms with Gasteiger partial charge in [0.15, 0.2) is 0 Å². The number of hydrogen-bond donors (Lipinski definition) is 1. The van der Waals surface area contributed by atoms with Gasteiger partial charge in [0, 0.05) is 32.5 Å². The van der Waals surface area contributed by atoms with E-state index in [-0.39, 0.29) is 23.5 Å². The predicted molar refractivity (Wildman–Crippen MR) is 113 cm³/mol. The second-order valence-electron chi connectivity index (χ2n) is 7.46. The van der Waals surface area contributed by atoms with E-state index in [1.807, 2.05) is 23.1 Å². The number of carbonyl (C=O) groups is 2. The van der Waals surface area contributed by atoms with E-state index >= 15 is 0 Å². The molecule has 30 heavy (non-hydrogen) atoms. The van der Waals surface area contributed by atoms with Gasteiger partial charge in [-0.15, -0.1) is 11.3 Å². The number of amides is 2. The lowest BCUT2D eigenvalue weighted by atomic mass is 9.95. The van der Waals surface area contributed by atoms with Crippen LogP contribution in [0.3, 0.4) is 0 Å². The van der Waals surface area contributed by atoms with Gasteiger partial charge in [0.25, 0.3) is 5.91 Å². The Labute approximate surface area is 178 Å². The lowest BCUT2D eigenvalue weighted by Crippen LogP contribution is -2.46. The number of aromatic nitrogens is 2. The van der Waals surface area contributed by atoms with Gasteiger partial charge < -0.3 is 14.8 Å². The van der Waals surface area contributed by atoms with Crippen molar-refractivity contribution in [3.05, 3.63) is 76.3 Å². The van der Waals surface area contributed by atoms with Crippen LogP contribution >= 0.6 is 11.3 Å². The molecule has 1 aliphatic heterocycles. The number of rotatable bonds is 5. The number of benzene rings is 1. The van der Waals surface area contributed by atoms with Crippen LogP contribution in [0.5, 0.6) is 0 Å². The Morgan fingerprint density at radius 1 is 1.30 bits per heavy atom. The number of nitrogens with zero attached hydrogens (tertiary/aromatic N) is 3. The van der Waals surface area contributed by atoms with Crippen LogP contribution in [-0.2, 0) is 11.8 Å². The largest absolute Gasteiger partial charge is 0.342 e. The summed E-state index contributed by atoms with van der Waals surface area (Å²) in [6.07, 6.45) is 4.91. The van der Waals surface area contributed by atoms with Crippen molar-refractivity contribution in [1.29, 1.82) is 0 Å². The molecule has 1 saturated heterocycles. The number of hydrogen-bond acceptors (Lipinski definition) is 4. The molecule has 0 spiro atoms. The normalized spacial score (nSPS) is 17.5. The highest BCUT2D eigenvalue weighted by atomic mass is 32.1. The van der Waals surface area contributed by atoms with Crippen molar-refractivity contribution in [3.63, 3.8) is 0 Å². The van der Waals surface area contributed by atoms with Gasteiger partial charge in [0.1, 0.15) is 17.7 Å². The first-order chi connectivity index (χ1) is 14.5. The average Bonchev–Trinajstić information content (AvgIpc) is 3.43. The molecule has 2 amide bonds. The number of thiophene rings is 1. The lowest BCUT2D eigenvalue weighted by Gasteiger charge is -2.32. The maximum absolute atomic E-state index is 13.9. The Morgan fingerprint density at radius 3 is 2.87 bits per heavy atom. The molecule has 6 nitrogen and oxygen atoms in total. The van der Waals surface area contributed by atoms with Crippen molar-refractivity contribution in [2.45, 2.75) is 18.9 Å². The van der Waals surface area contributed by atoms with Gasteiger partial charge in [0.2, 0.25) is 5.91 Å². The van der Waals surface area contributed by atoms with Crippen LogP contribution in [0.15, 0.2) is 54.2 Å². The van der Waals surface area contributed by atoms with E-state index in [1.165, 1.54) is 23.5 Å². The molecule has 0 unspecified atom stereocenters. The monoisotopic (exact) mass is 426 g/mol. The molecule has 1 aliphatic rings. The zero-order chi connectivity index (χ0) is 21.1. The Morgan fingerprint density at radius 2 is 2.17 bits per heavy atom. The first-order valence-corrected chi connectivity index (χ1v) is 10.8. The molecule has 0 aliphatic carbocycles. The third-order valence-electron chi connectivity index (χ3n) is 5.40. The summed E-state index contributed by atoms with van der Waals surface area (Å²) in [7, 11) is 1.84. The molecular formula is C22H23FN4O2S. The number of halogens is 1. The van der Waals surface area contributed by atoms with E-state index in [0.29, 0.717) is 35.8 Å². The van der Waals surface area contributed by atoms with Gasteiger partial charge in [-0.3, -0.25) is 9.59 Å². The molecule has 1 N–H and O–H groups in total. The molecule has 4 rings (SSSR count). The fourth-order valence-corrected chi connectivity index (χ4v) is 4.52.